The van der Waals surface area contributed by atoms with E-state index in [4.69, 9.17) is 22.3 Å². The molecular formula is C19H35N7O6S. The molecule has 0 unspecified atom stereocenters. The molecule has 188 valence electrons. The van der Waals surface area contributed by atoms with Crippen LogP contribution < -0.4 is 33.2 Å². The fraction of sp³-hybridized carbons (Fsp3) is 0.684. The highest BCUT2D eigenvalue weighted by Crippen LogP contribution is 2.04. The summed E-state index contributed by atoms with van der Waals surface area (Å²) in [5, 5.41) is 16.1. The smallest absolute Gasteiger partial charge is 0.303 e. The molecule has 0 aromatic carbocycles. The maximum absolute atomic E-state index is 12.5. The van der Waals surface area contributed by atoms with E-state index in [1.165, 1.54) is 0 Å². The van der Waals surface area contributed by atoms with Gasteiger partial charge in [0.05, 0.1) is 24.4 Å². The number of rotatable bonds is 16. The molecule has 0 spiro atoms. The van der Waals surface area contributed by atoms with Gasteiger partial charge in [0.25, 0.3) is 0 Å². The number of Topliss-reactive ketones (excluding diaryl/α,β-unsaturated/α-hetero) is 1. The van der Waals surface area contributed by atoms with Crippen molar-refractivity contribution in [3.63, 3.8) is 0 Å². The molecule has 0 bridgehead atoms. The Morgan fingerprint density at radius 3 is 2.18 bits per heavy atom. The quantitative estimate of drug-likeness (QED) is 0.0493. The molecule has 0 aliphatic carbocycles. The van der Waals surface area contributed by atoms with Crippen LogP contribution in [0.1, 0.15) is 39.5 Å². The molecule has 0 aliphatic rings. The summed E-state index contributed by atoms with van der Waals surface area (Å²) in [6, 6.07) is -2.89. The van der Waals surface area contributed by atoms with Gasteiger partial charge in [0.2, 0.25) is 17.7 Å². The van der Waals surface area contributed by atoms with Gasteiger partial charge in [-0.15, -0.1) is 0 Å². The summed E-state index contributed by atoms with van der Waals surface area (Å²) in [7, 11) is 0. The molecule has 13 nitrogen and oxygen atoms in total. The molecule has 0 saturated carbocycles. The molecule has 0 saturated heterocycles. The summed E-state index contributed by atoms with van der Waals surface area (Å²) < 4.78 is 0. The second kappa shape index (κ2) is 15.9. The van der Waals surface area contributed by atoms with Gasteiger partial charge in [-0.1, -0.05) is 13.8 Å². The molecule has 33 heavy (non-hydrogen) atoms. The van der Waals surface area contributed by atoms with Gasteiger partial charge in [0.1, 0.15) is 6.04 Å². The Morgan fingerprint density at radius 1 is 1.03 bits per heavy atom. The third-order valence-corrected chi connectivity index (χ3v) is 4.81. The molecule has 0 rings (SSSR count). The Kier molecular flexibility index (Phi) is 14.5. The second-order valence-corrected chi connectivity index (χ2v) is 8.00. The predicted octanol–water partition coefficient (Wildman–Crippen LogP) is -2.53. The van der Waals surface area contributed by atoms with Gasteiger partial charge in [-0.05, 0) is 25.2 Å². The van der Waals surface area contributed by atoms with E-state index in [1.807, 2.05) is 0 Å². The minimum atomic E-state index is -1.09. The third-order valence-electron chi connectivity index (χ3n) is 4.50. The number of aliphatic carboxylic acids is 1. The average molecular weight is 490 g/mol. The van der Waals surface area contributed by atoms with E-state index in [-0.39, 0.29) is 49.2 Å². The van der Waals surface area contributed by atoms with Gasteiger partial charge in [0.15, 0.2) is 11.7 Å². The normalized spacial score (nSPS) is 13.4. The fourth-order valence-electron chi connectivity index (χ4n) is 2.66. The van der Waals surface area contributed by atoms with Gasteiger partial charge >= 0.3 is 5.97 Å². The summed E-state index contributed by atoms with van der Waals surface area (Å²) in [6.45, 7) is 3.24. The van der Waals surface area contributed by atoms with E-state index in [1.54, 1.807) is 13.8 Å². The van der Waals surface area contributed by atoms with Crippen LogP contribution in [-0.2, 0) is 24.0 Å². The van der Waals surface area contributed by atoms with Crippen LogP contribution >= 0.6 is 12.6 Å². The van der Waals surface area contributed by atoms with Crippen molar-refractivity contribution in [3.05, 3.63) is 0 Å². The molecule has 3 amide bonds. The van der Waals surface area contributed by atoms with Crippen molar-refractivity contribution < 1.29 is 29.1 Å². The van der Waals surface area contributed by atoms with Crippen molar-refractivity contribution in [3.8, 4) is 0 Å². The number of carboxylic acids is 1. The number of guanidine groups is 1. The van der Waals surface area contributed by atoms with Crippen LogP contribution in [0.5, 0.6) is 0 Å². The van der Waals surface area contributed by atoms with Gasteiger partial charge in [-0.3, -0.25) is 29.0 Å². The zero-order valence-corrected chi connectivity index (χ0v) is 19.8. The van der Waals surface area contributed by atoms with E-state index >= 15 is 0 Å². The summed E-state index contributed by atoms with van der Waals surface area (Å²) in [4.78, 5) is 63.4. The number of carbonyl (C=O) groups excluding carboxylic acids is 4. The van der Waals surface area contributed by atoms with Crippen LogP contribution in [-0.4, -0.2) is 77.5 Å². The largest absolute Gasteiger partial charge is 0.481 e. The van der Waals surface area contributed by atoms with Gasteiger partial charge < -0.3 is 38.3 Å². The minimum absolute atomic E-state index is 0.0755. The summed E-state index contributed by atoms with van der Waals surface area (Å²) in [5.41, 5.74) is 16.2. The van der Waals surface area contributed by atoms with E-state index in [2.05, 4.69) is 33.6 Å². The lowest BCUT2D eigenvalue weighted by Crippen LogP contribution is -2.55. The number of nitrogens with two attached hydrogens (primary N) is 3. The average Bonchev–Trinajstić information content (AvgIpc) is 2.74. The van der Waals surface area contributed by atoms with Crippen molar-refractivity contribution in [2.45, 2.75) is 57.7 Å². The number of hydrogen-bond acceptors (Lipinski definition) is 8. The standard InChI is InChI=1S/C19H35N7O6S/c1-10(2)16(26-17(31)11(20)5-6-15(29)30)18(32)24-8-14(28)25-12(13(27)9-33)4-3-7-23-19(21)22/h10-12,16,33H,3-9,20H2,1-2H3,(H,24,32)(H,25,28)(H,26,31)(H,29,30)(H4,21,22,23)/t11-,12-,16-/m0/s1. The van der Waals surface area contributed by atoms with Crippen molar-refractivity contribution in [2.75, 3.05) is 18.8 Å². The first-order valence-electron chi connectivity index (χ1n) is 10.4. The van der Waals surface area contributed by atoms with Crippen LogP contribution in [0.2, 0.25) is 0 Å². The lowest BCUT2D eigenvalue weighted by atomic mass is 10.0. The molecule has 0 aliphatic heterocycles. The first-order valence-corrected chi connectivity index (χ1v) is 11.1. The van der Waals surface area contributed by atoms with Crippen molar-refractivity contribution in [2.24, 2.45) is 28.1 Å². The highest BCUT2D eigenvalue weighted by molar-refractivity contribution is 7.81. The number of ketones is 1. The van der Waals surface area contributed by atoms with Crippen molar-refractivity contribution in [1.29, 1.82) is 0 Å². The van der Waals surface area contributed by atoms with E-state index in [9.17, 15) is 24.0 Å². The van der Waals surface area contributed by atoms with E-state index in [0.29, 0.717) is 6.42 Å². The lowest BCUT2D eigenvalue weighted by Gasteiger charge is -2.23. The second-order valence-electron chi connectivity index (χ2n) is 7.68. The number of nitrogens with zero attached hydrogens (tertiary/aromatic N) is 1. The summed E-state index contributed by atoms with van der Waals surface area (Å²) >= 11 is 3.94. The van der Waals surface area contributed by atoms with Crippen LogP contribution in [0.3, 0.4) is 0 Å². The minimum Gasteiger partial charge on any atom is -0.481 e. The molecular weight excluding hydrogens is 454 g/mol. The number of thiol groups is 1. The highest BCUT2D eigenvalue weighted by Gasteiger charge is 2.27. The highest BCUT2D eigenvalue weighted by atomic mass is 32.1. The number of amides is 3. The van der Waals surface area contributed by atoms with Gasteiger partial charge in [-0.25, -0.2) is 0 Å². The van der Waals surface area contributed by atoms with Crippen LogP contribution in [0.25, 0.3) is 0 Å². The zero-order chi connectivity index (χ0) is 25.6. The van der Waals surface area contributed by atoms with E-state index < -0.39 is 48.4 Å². The van der Waals surface area contributed by atoms with Gasteiger partial charge in [0, 0.05) is 13.0 Å². The maximum Gasteiger partial charge on any atom is 0.303 e. The van der Waals surface area contributed by atoms with Gasteiger partial charge in [-0.2, -0.15) is 12.6 Å². The Bertz CT molecular complexity index is 727. The Balaban J connectivity index is 4.81. The monoisotopic (exact) mass is 489 g/mol. The molecule has 0 heterocycles. The Labute approximate surface area is 198 Å². The number of carboxylic acid groups (broad SMARTS) is 1. The van der Waals surface area contributed by atoms with Crippen molar-refractivity contribution >= 4 is 48.1 Å². The van der Waals surface area contributed by atoms with Crippen LogP contribution in [0.15, 0.2) is 4.99 Å². The molecule has 0 fully saturated rings. The fourth-order valence-corrected chi connectivity index (χ4v) is 2.88. The number of nitrogens with one attached hydrogen (secondary N) is 3. The SMILES string of the molecule is CC(C)[C@H](NC(=O)[C@@H](N)CCC(=O)O)C(=O)NCC(=O)N[C@@H](CCCN=C(N)N)C(=O)CS. The Hall–Kier alpha value is -2.87. The first kappa shape index (κ1) is 30.1. The zero-order valence-electron chi connectivity index (χ0n) is 18.9. The van der Waals surface area contributed by atoms with Crippen molar-refractivity contribution in [1.82, 2.24) is 16.0 Å². The summed E-state index contributed by atoms with van der Waals surface area (Å²) in [5.74, 6) is -3.77. The van der Waals surface area contributed by atoms with Crippen LogP contribution in [0, 0.1) is 5.92 Å². The third kappa shape index (κ3) is 13.3. The maximum atomic E-state index is 12.5. The molecule has 0 aromatic rings. The molecule has 10 N–H and O–H groups in total. The Morgan fingerprint density at radius 2 is 1.67 bits per heavy atom. The number of aliphatic imine (C=N–C) groups is 1. The van der Waals surface area contributed by atoms with Crippen LogP contribution in [0.4, 0.5) is 0 Å². The summed E-state index contributed by atoms with van der Waals surface area (Å²) in [6.07, 6.45) is 0.359. The molecule has 0 aromatic heterocycles. The molecule has 14 heteroatoms. The number of hydrogen-bond donors (Lipinski definition) is 8. The van der Waals surface area contributed by atoms with E-state index in [0.717, 1.165) is 0 Å². The topological polar surface area (TPSA) is 232 Å². The molecule has 3 atom stereocenters. The first-order chi connectivity index (χ1) is 15.4. The lowest BCUT2D eigenvalue weighted by molar-refractivity contribution is -0.137. The predicted molar refractivity (Wildman–Crippen MR) is 125 cm³/mol. The molecule has 0 radical (unpaired) electrons. The number of carbonyl (C=O) groups is 5.